The maximum Gasteiger partial charge on any atom is 0.111 e. The van der Waals surface area contributed by atoms with Crippen molar-refractivity contribution in [3.8, 4) is 0 Å². The highest BCUT2D eigenvalue weighted by Gasteiger charge is 2.18. The van der Waals surface area contributed by atoms with E-state index in [1.54, 1.807) is 11.3 Å². The lowest BCUT2D eigenvalue weighted by Gasteiger charge is -2.12. The van der Waals surface area contributed by atoms with Crippen molar-refractivity contribution in [3.05, 3.63) is 46.7 Å². The Bertz CT molecular complexity index is 711. The van der Waals surface area contributed by atoms with E-state index in [-0.39, 0.29) is 6.04 Å². The molecule has 1 N–H and O–H groups in total. The van der Waals surface area contributed by atoms with Crippen molar-refractivity contribution in [1.82, 2.24) is 20.1 Å². The molecule has 0 radical (unpaired) electrons. The minimum absolute atomic E-state index is 0.233. The quantitative estimate of drug-likeness (QED) is 0.787. The Kier molecular flexibility index (Phi) is 4.03. The molecule has 0 spiro atoms. The van der Waals surface area contributed by atoms with Crippen LogP contribution in [0, 0.1) is 0 Å². The summed E-state index contributed by atoms with van der Waals surface area (Å²) in [6, 6.07) is 8.54. The zero-order valence-corrected chi connectivity index (χ0v) is 13.4. The second-order valence-corrected chi connectivity index (χ2v) is 6.26. The van der Waals surface area contributed by atoms with Gasteiger partial charge in [-0.15, -0.1) is 11.3 Å². The summed E-state index contributed by atoms with van der Waals surface area (Å²) in [4.78, 5) is 4.77. The molecule has 0 saturated heterocycles. The lowest BCUT2D eigenvalue weighted by atomic mass is 10.1. The number of fused-ring (bicyclic) bond motifs is 1. The number of rotatable bonds is 5. The average Bonchev–Trinajstić information content (AvgIpc) is 3.07. The molecule has 0 aliphatic carbocycles. The van der Waals surface area contributed by atoms with E-state index < -0.39 is 0 Å². The van der Waals surface area contributed by atoms with Crippen molar-refractivity contribution in [2.24, 2.45) is 7.05 Å². The first-order chi connectivity index (χ1) is 10.2. The molecule has 2 aromatic heterocycles. The molecule has 5 heteroatoms. The molecule has 1 aromatic carbocycles. The Labute approximate surface area is 128 Å². The largest absolute Gasteiger partial charge is 0.311 e. The van der Waals surface area contributed by atoms with Gasteiger partial charge in [-0.1, -0.05) is 19.1 Å². The SMILES string of the molecule is CCc1nn(C)cc1CC(NC)c1nc2ccccc2s1. The summed E-state index contributed by atoms with van der Waals surface area (Å²) in [6.45, 7) is 2.15. The van der Waals surface area contributed by atoms with Crippen molar-refractivity contribution < 1.29 is 0 Å². The number of nitrogens with zero attached hydrogens (tertiary/aromatic N) is 3. The molecule has 0 aliphatic heterocycles. The van der Waals surface area contributed by atoms with Crippen molar-refractivity contribution in [2.45, 2.75) is 25.8 Å². The van der Waals surface area contributed by atoms with Gasteiger partial charge in [0.25, 0.3) is 0 Å². The third-order valence-electron chi connectivity index (χ3n) is 3.71. The summed E-state index contributed by atoms with van der Waals surface area (Å²) < 4.78 is 3.15. The van der Waals surface area contributed by atoms with E-state index in [0.717, 1.165) is 23.4 Å². The minimum atomic E-state index is 0.233. The van der Waals surface area contributed by atoms with Crippen LogP contribution in [0.25, 0.3) is 10.2 Å². The summed E-state index contributed by atoms with van der Waals surface area (Å²) in [7, 11) is 3.98. The van der Waals surface area contributed by atoms with E-state index in [1.807, 2.05) is 24.8 Å². The van der Waals surface area contributed by atoms with Crippen LogP contribution in [-0.4, -0.2) is 21.8 Å². The Morgan fingerprint density at radius 2 is 2.14 bits per heavy atom. The zero-order chi connectivity index (χ0) is 14.8. The van der Waals surface area contributed by atoms with Gasteiger partial charge >= 0.3 is 0 Å². The Morgan fingerprint density at radius 3 is 2.86 bits per heavy atom. The topological polar surface area (TPSA) is 42.7 Å². The molecule has 3 rings (SSSR count). The van der Waals surface area contributed by atoms with Crippen LogP contribution in [-0.2, 0) is 19.9 Å². The number of hydrogen-bond donors (Lipinski definition) is 1. The first-order valence-corrected chi connectivity index (χ1v) is 8.07. The number of para-hydroxylation sites is 1. The highest BCUT2D eigenvalue weighted by molar-refractivity contribution is 7.18. The number of nitrogens with one attached hydrogen (secondary N) is 1. The van der Waals surface area contributed by atoms with Crippen LogP contribution in [0.2, 0.25) is 0 Å². The maximum atomic E-state index is 4.77. The number of benzene rings is 1. The van der Waals surface area contributed by atoms with Gasteiger partial charge in [0.15, 0.2) is 0 Å². The summed E-state index contributed by atoms with van der Waals surface area (Å²) in [5.74, 6) is 0. The molecule has 1 unspecified atom stereocenters. The van der Waals surface area contributed by atoms with E-state index in [1.165, 1.54) is 16.0 Å². The van der Waals surface area contributed by atoms with Crippen molar-refractivity contribution in [3.63, 3.8) is 0 Å². The average molecular weight is 300 g/mol. The number of hydrogen-bond acceptors (Lipinski definition) is 4. The summed E-state index contributed by atoms with van der Waals surface area (Å²) >= 11 is 1.77. The van der Waals surface area contributed by atoms with Crippen molar-refractivity contribution in [1.29, 1.82) is 0 Å². The first kappa shape index (κ1) is 14.2. The van der Waals surface area contributed by atoms with Crippen LogP contribution in [0.4, 0.5) is 0 Å². The molecule has 2 heterocycles. The highest BCUT2D eigenvalue weighted by Crippen LogP contribution is 2.28. The van der Waals surface area contributed by atoms with E-state index in [0.29, 0.717) is 0 Å². The third kappa shape index (κ3) is 2.84. The molecule has 0 bridgehead atoms. The minimum Gasteiger partial charge on any atom is -0.311 e. The Morgan fingerprint density at radius 1 is 1.33 bits per heavy atom. The Balaban J connectivity index is 1.90. The first-order valence-electron chi connectivity index (χ1n) is 7.25. The van der Waals surface area contributed by atoms with E-state index >= 15 is 0 Å². The zero-order valence-electron chi connectivity index (χ0n) is 12.6. The van der Waals surface area contributed by atoms with Gasteiger partial charge in [-0.3, -0.25) is 4.68 Å². The van der Waals surface area contributed by atoms with Crippen LogP contribution < -0.4 is 5.32 Å². The number of aryl methyl sites for hydroxylation is 2. The van der Waals surface area contributed by atoms with Crippen molar-refractivity contribution in [2.75, 3.05) is 7.05 Å². The van der Waals surface area contributed by atoms with Gasteiger partial charge in [0, 0.05) is 13.2 Å². The van der Waals surface area contributed by atoms with E-state index in [2.05, 4.69) is 41.7 Å². The van der Waals surface area contributed by atoms with Crippen LogP contribution in [0.15, 0.2) is 30.5 Å². The Hall–Kier alpha value is -1.72. The summed E-state index contributed by atoms with van der Waals surface area (Å²) in [5, 5.41) is 9.07. The van der Waals surface area contributed by atoms with E-state index in [9.17, 15) is 0 Å². The van der Waals surface area contributed by atoms with Crippen LogP contribution in [0.1, 0.15) is 29.2 Å². The molecule has 0 amide bonds. The number of likely N-dealkylation sites (N-methyl/N-ethyl adjacent to an activating group) is 1. The summed E-state index contributed by atoms with van der Waals surface area (Å²) in [5.41, 5.74) is 3.57. The standard InChI is InChI=1S/C16H20N4S/c1-4-12-11(10-20(3)19-12)9-14(17-2)16-18-13-7-5-6-8-15(13)21-16/h5-8,10,14,17H,4,9H2,1-3H3. The van der Waals surface area contributed by atoms with Gasteiger partial charge in [-0.2, -0.15) is 5.10 Å². The van der Waals surface area contributed by atoms with Crippen molar-refractivity contribution >= 4 is 21.6 Å². The molecule has 1 atom stereocenters. The predicted octanol–water partition coefficient (Wildman–Crippen LogP) is 3.10. The summed E-state index contributed by atoms with van der Waals surface area (Å²) in [6.07, 6.45) is 4.01. The molecular weight excluding hydrogens is 280 g/mol. The molecule has 0 saturated carbocycles. The van der Waals surface area contributed by atoms with Crippen LogP contribution >= 0.6 is 11.3 Å². The molecule has 4 nitrogen and oxygen atoms in total. The molecule has 0 fully saturated rings. The molecular formula is C16H20N4S. The molecule has 0 aliphatic rings. The van der Waals surface area contributed by atoms with Gasteiger partial charge in [0.2, 0.25) is 0 Å². The van der Waals surface area contributed by atoms with Crippen LogP contribution in [0.5, 0.6) is 0 Å². The van der Waals surface area contributed by atoms with Gasteiger partial charge in [0.05, 0.1) is 22.0 Å². The lowest BCUT2D eigenvalue weighted by molar-refractivity contribution is 0.587. The number of thiazole rings is 1. The molecule has 3 aromatic rings. The highest BCUT2D eigenvalue weighted by atomic mass is 32.1. The second-order valence-electron chi connectivity index (χ2n) is 5.19. The van der Waals surface area contributed by atoms with Gasteiger partial charge in [-0.05, 0) is 37.6 Å². The maximum absolute atomic E-state index is 4.77. The predicted molar refractivity (Wildman–Crippen MR) is 87.7 cm³/mol. The smallest absolute Gasteiger partial charge is 0.111 e. The fraction of sp³-hybridized carbons (Fsp3) is 0.375. The molecule has 110 valence electrons. The van der Waals surface area contributed by atoms with E-state index in [4.69, 9.17) is 4.98 Å². The normalized spacial score (nSPS) is 12.9. The van der Waals surface area contributed by atoms with Gasteiger partial charge in [0.1, 0.15) is 5.01 Å². The lowest BCUT2D eigenvalue weighted by Crippen LogP contribution is -2.19. The molecule has 21 heavy (non-hydrogen) atoms. The fourth-order valence-electron chi connectivity index (χ4n) is 2.62. The van der Waals surface area contributed by atoms with Gasteiger partial charge in [-0.25, -0.2) is 4.98 Å². The number of aromatic nitrogens is 3. The third-order valence-corrected chi connectivity index (χ3v) is 4.86. The fourth-order valence-corrected chi connectivity index (χ4v) is 3.70. The monoisotopic (exact) mass is 300 g/mol. The van der Waals surface area contributed by atoms with Gasteiger partial charge < -0.3 is 5.32 Å². The second kappa shape index (κ2) is 5.95. The van der Waals surface area contributed by atoms with Crippen LogP contribution in [0.3, 0.4) is 0 Å².